The van der Waals surface area contributed by atoms with Crippen molar-refractivity contribution in [2.24, 2.45) is 17.6 Å². The second-order valence-electron chi connectivity index (χ2n) is 3.10. The highest BCUT2D eigenvalue weighted by Crippen LogP contribution is 2.34. The molecule has 2 N–H and O–H groups in total. The molecule has 0 aromatic rings. The van der Waals surface area contributed by atoms with Gasteiger partial charge in [0.15, 0.2) is 0 Å². The highest BCUT2D eigenvalue weighted by Gasteiger charge is 2.24. The van der Waals surface area contributed by atoms with E-state index in [9.17, 15) is 0 Å². The first-order valence-electron chi connectivity index (χ1n) is 4.08. The monoisotopic (exact) mass is 127 g/mol. The maximum Gasteiger partial charge on any atom is -0.00463 e. The quantitative estimate of drug-likeness (QED) is 0.614. The number of hydrogen-bond acceptors (Lipinski definition) is 1. The van der Waals surface area contributed by atoms with Crippen LogP contribution < -0.4 is 5.73 Å². The van der Waals surface area contributed by atoms with E-state index in [-0.39, 0.29) is 0 Å². The van der Waals surface area contributed by atoms with Gasteiger partial charge in [-0.3, -0.25) is 0 Å². The topological polar surface area (TPSA) is 26.0 Å². The standard InChI is InChI=1S/C8H17N/c1-2-7(6-9)8-4-3-5-8/h7-8H,2-6,9H2,1H3/t7-/m0/s1. The molecule has 0 unspecified atom stereocenters. The number of nitrogens with two attached hydrogens (primary N) is 1. The zero-order valence-electron chi connectivity index (χ0n) is 6.27. The molecule has 0 aliphatic heterocycles. The molecule has 1 nitrogen and oxygen atoms in total. The van der Waals surface area contributed by atoms with Crippen LogP contribution in [0.1, 0.15) is 32.6 Å². The molecule has 0 heterocycles. The maximum atomic E-state index is 5.59. The van der Waals surface area contributed by atoms with Gasteiger partial charge in [-0.2, -0.15) is 0 Å². The van der Waals surface area contributed by atoms with Crippen LogP contribution in [0.15, 0.2) is 0 Å². The molecule has 0 aromatic heterocycles. The molecule has 0 aromatic carbocycles. The zero-order chi connectivity index (χ0) is 6.69. The Labute approximate surface area is 57.6 Å². The van der Waals surface area contributed by atoms with Gasteiger partial charge in [-0.25, -0.2) is 0 Å². The Bertz CT molecular complexity index is 72.6. The van der Waals surface area contributed by atoms with E-state index in [1.54, 1.807) is 0 Å². The number of hydrogen-bond donors (Lipinski definition) is 1. The van der Waals surface area contributed by atoms with Gasteiger partial charge in [0, 0.05) is 0 Å². The first-order valence-corrected chi connectivity index (χ1v) is 4.08. The van der Waals surface area contributed by atoms with Crippen molar-refractivity contribution in [2.75, 3.05) is 6.54 Å². The smallest absolute Gasteiger partial charge is 0.00463 e. The van der Waals surface area contributed by atoms with Gasteiger partial charge in [-0.05, 0) is 18.4 Å². The minimum atomic E-state index is 0.832. The van der Waals surface area contributed by atoms with Gasteiger partial charge < -0.3 is 5.73 Å². The molecule has 54 valence electrons. The summed E-state index contributed by atoms with van der Waals surface area (Å²) in [4.78, 5) is 0. The van der Waals surface area contributed by atoms with Crippen molar-refractivity contribution < 1.29 is 0 Å². The van der Waals surface area contributed by atoms with Crippen LogP contribution >= 0.6 is 0 Å². The summed E-state index contributed by atoms with van der Waals surface area (Å²) in [5, 5.41) is 0. The largest absolute Gasteiger partial charge is 0.330 e. The summed E-state index contributed by atoms with van der Waals surface area (Å²) in [6.07, 6.45) is 5.60. The van der Waals surface area contributed by atoms with Crippen LogP contribution in [0.2, 0.25) is 0 Å². The van der Waals surface area contributed by atoms with Gasteiger partial charge in [0.05, 0.1) is 0 Å². The van der Waals surface area contributed by atoms with Crippen LogP contribution in [0.3, 0.4) is 0 Å². The van der Waals surface area contributed by atoms with Crippen molar-refractivity contribution in [3.05, 3.63) is 0 Å². The summed E-state index contributed by atoms with van der Waals surface area (Å²) in [5.74, 6) is 1.82. The first-order chi connectivity index (χ1) is 4.38. The Balaban J connectivity index is 2.19. The van der Waals surface area contributed by atoms with E-state index in [1.807, 2.05) is 0 Å². The number of rotatable bonds is 3. The van der Waals surface area contributed by atoms with Crippen LogP contribution in [0.25, 0.3) is 0 Å². The van der Waals surface area contributed by atoms with Crippen LogP contribution in [-0.2, 0) is 0 Å². The van der Waals surface area contributed by atoms with Crippen molar-refractivity contribution in [1.82, 2.24) is 0 Å². The van der Waals surface area contributed by atoms with Crippen molar-refractivity contribution >= 4 is 0 Å². The minimum absolute atomic E-state index is 0.832. The summed E-state index contributed by atoms with van der Waals surface area (Å²) in [5.41, 5.74) is 5.59. The SMILES string of the molecule is CC[C@@H](CN)C1CCC1. The van der Waals surface area contributed by atoms with Crippen LogP contribution in [0.5, 0.6) is 0 Å². The molecule has 0 saturated heterocycles. The van der Waals surface area contributed by atoms with Gasteiger partial charge in [0.2, 0.25) is 0 Å². The van der Waals surface area contributed by atoms with Crippen LogP contribution in [-0.4, -0.2) is 6.54 Å². The molecule has 1 atom stereocenters. The van der Waals surface area contributed by atoms with E-state index in [4.69, 9.17) is 5.73 Å². The van der Waals surface area contributed by atoms with E-state index in [0.717, 1.165) is 18.4 Å². The Morgan fingerprint density at radius 1 is 1.56 bits per heavy atom. The fraction of sp³-hybridized carbons (Fsp3) is 1.00. The van der Waals surface area contributed by atoms with E-state index in [2.05, 4.69) is 6.92 Å². The Hall–Kier alpha value is -0.0400. The lowest BCUT2D eigenvalue weighted by Gasteiger charge is -2.32. The Kier molecular flexibility index (Phi) is 2.52. The molecule has 9 heavy (non-hydrogen) atoms. The molecular weight excluding hydrogens is 110 g/mol. The average molecular weight is 127 g/mol. The summed E-state index contributed by atoms with van der Waals surface area (Å²) in [7, 11) is 0. The van der Waals surface area contributed by atoms with Crippen molar-refractivity contribution in [3.63, 3.8) is 0 Å². The first kappa shape index (κ1) is 7.07. The van der Waals surface area contributed by atoms with Crippen LogP contribution in [0.4, 0.5) is 0 Å². The third kappa shape index (κ3) is 1.45. The third-order valence-electron chi connectivity index (χ3n) is 2.64. The highest BCUT2D eigenvalue weighted by atomic mass is 14.6. The van der Waals surface area contributed by atoms with Crippen molar-refractivity contribution in [3.8, 4) is 0 Å². The predicted molar refractivity (Wildman–Crippen MR) is 40.2 cm³/mol. The molecule has 1 heteroatoms. The molecule has 1 saturated carbocycles. The van der Waals surface area contributed by atoms with Crippen molar-refractivity contribution in [1.29, 1.82) is 0 Å². The fourth-order valence-electron chi connectivity index (χ4n) is 1.60. The van der Waals surface area contributed by atoms with Gasteiger partial charge >= 0.3 is 0 Å². The molecular formula is C8H17N. The van der Waals surface area contributed by atoms with Gasteiger partial charge in [-0.15, -0.1) is 0 Å². The van der Waals surface area contributed by atoms with Gasteiger partial charge in [-0.1, -0.05) is 32.6 Å². The maximum absolute atomic E-state index is 5.59. The van der Waals surface area contributed by atoms with E-state index >= 15 is 0 Å². The summed E-state index contributed by atoms with van der Waals surface area (Å²) in [6, 6.07) is 0. The minimum Gasteiger partial charge on any atom is -0.330 e. The normalized spacial score (nSPS) is 23.3. The summed E-state index contributed by atoms with van der Waals surface area (Å²) < 4.78 is 0. The average Bonchev–Trinajstić information content (AvgIpc) is 1.78. The lowest BCUT2D eigenvalue weighted by atomic mass is 9.75. The molecule has 0 amide bonds. The van der Waals surface area contributed by atoms with Gasteiger partial charge in [0.1, 0.15) is 0 Å². The second-order valence-corrected chi connectivity index (χ2v) is 3.10. The Morgan fingerprint density at radius 3 is 2.33 bits per heavy atom. The van der Waals surface area contributed by atoms with Crippen molar-refractivity contribution in [2.45, 2.75) is 32.6 Å². The molecule has 0 spiro atoms. The predicted octanol–water partition coefficient (Wildman–Crippen LogP) is 1.77. The molecule has 1 rings (SSSR count). The third-order valence-corrected chi connectivity index (χ3v) is 2.64. The van der Waals surface area contributed by atoms with Crippen LogP contribution in [0, 0.1) is 11.8 Å². The highest BCUT2D eigenvalue weighted by molar-refractivity contribution is 4.76. The van der Waals surface area contributed by atoms with E-state index in [0.29, 0.717) is 0 Å². The molecule has 1 aliphatic carbocycles. The lowest BCUT2D eigenvalue weighted by molar-refractivity contribution is 0.206. The molecule has 1 fully saturated rings. The molecule has 1 aliphatic rings. The zero-order valence-corrected chi connectivity index (χ0v) is 6.27. The lowest BCUT2D eigenvalue weighted by Crippen LogP contribution is -2.27. The Morgan fingerprint density at radius 2 is 2.22 bits per heavy atom. The van der Waals surface area contributed by atoms with E-state index < -0.39 is 0 Å². The summed E-state index contributed by atoms with van der Waals surface area (Å²) in [6.45, 7) is 3.15. The fourth-order valence-corrected chi connectivity index (χ4v) is 1.60. The summed E-state index contributed by atoms with van der Waals surface area (Å²) >= 11 is 0. The van der Waals surface area contributed by atoms with Gasteiger partial charge in [0.25, 0.3) is 0 Å². The molecule has 0 radical (unpaired) electrons. The molecule has 0 bridgehead atoms. The van der Waals surface area contributed by atoms with E-state index in [1.165, 1.54) is 25.7 Å². The second kappa shape index (κ2) is 3.21.